The first-order valence-electron chi connectivity index (χ1n) is 5.24. The molecule has 2 nitrogen and oxygen atoms in total. The van der Waals surface area contributed by atoms with Gasteiger partial charge >= 0.3 is 5.97 Å². The molecule has 1 rings (SSSR count). The fraction of sp³-hybridized carbons (Fsp3) is 0.417. The van der Waals surface area contributed by atoms with E-state index in [4.69, 9.17) is 28.3 Å². The largest absolute Gasteiger partial charge is 0.481 e. The van der Waals surface area contributed by atoms with Gasteiger partial charge in [0.25, 0.3) is 0 Å². The summed E-state index contributed by atoms with van der Waals surface area (Å²) in [5, 5.41) is 9.99. The maximum absolute atomic E-state index is 11.1. The molecule has 1 N–H and O–H groups in total. The number of halogens is 2. The second-order valence-corrected chi connectivity index (χ2v) is 4.52. The van der Waals surface area contributed by atoms with Gasteiger partial charge in [-0.1, -0.05) is 49.0 Å². The van der Waals surface area contributed by atoms with Gasteiger partial charge in [0, 0.05) is 0 Å². The fourth-order valence-electron chi connectivity index (χ4n) is 1.57. The van der Waals surface area contributed by atoms with Crippen LogP contribution in [0.1, 0.15) is 37.7 Å². The molecule has 0 spiro atoms. The Morgan fingerprint density at radius 1 is 1.38 bits per heavy atom. The first kappa shape index (κ1) is 13.3. The summed E-state index contributed by atoms with van der Waals surface area (Å²) in [7, 11) is 0. The number of carboxylic acid groups (broad SMARTS) is 1. The Labute approximate surface area is 105 Å². The monoisotopic (exact) mass is 260 g/mol. The molecule has 1 atom stereocenters. The summed E-state index contributed by atoms with van der Waals surface area (Å²) in [5.74, 6) is -1.30. The van der Waals surface area contributed by atoms with E-state index in [0.29, 0.717) is 16.5 Å². The molecule has 0 aromatic heterocycles. The maximum Gasteiger partial charge on any atom is 0.310 e. The molecule has 0 heterocycles. The fourth-order valence-corrected chi connectivity index (χ4v) is 1.88. The summed E-state index contributed by atoms with van der Waals surface area (Å²) in [6, 6.07) is 5.00. The Kier molecular flexibility index (Phi) is 5.10. The van der Waals surface area contributed by atoms with E-state index in [-0.39, 0.29) is 0 Å². The first-order valence-corrected chi connectivity index (χ1v) is 5.99. The summed E-state index contributed by atoms with van der Waals surface area (Å²) >= 11 is 11.7. The third-order valence-corrected chi connectivity index (χ3v) is 3.23. The highest BCUT2D eigenvalue weighted by molar-refractivity contribution is 6.42. The van der Waals surface area contributed by atoms with Crippen LogP contribution in [0.2, 0.25) is 10.0 Å². The van der Waals surface area contributed by atoms with Crippen molar-refractivity contribution in [3.63, 3.8) is 0 Å². The van der Waals surface area contributed by atoms with Crippen molar-refractivity contribution in [2.24, 2.45) is 0 Å². The summed E-state index contributed by atoms with van der Waals surface area (Å²) in [6.45, 7) is 2.04. The van der Waals surface area contributed by atoms with Crippen LogP contribution in [-0.4, -0.2) is 11.1 Å². The highest BCUT2D eigenvalue weighted by Crippen LogP contribution is 2.29. The van der Waals surface area contributed by atoms with Crippen LogP contribution in [0.15, 0.2) is 18.2 Å². The van der Waals surface area contributed by atoms with Crippen molar-refractivity contribution in [2.45, 2.75) is 32.1 Å². The molecule has 0 amide bonds. The number of benzene rings is 1. The van der Waals surface area contributed by atoms with Crippen molar-refractivity contribution in [1.82, 2.24) is 0 Å². The Morgan fingerprint density at radius 3 is 2.56 bits per heavy atom. The number of aliphatic carboxylic acids is 1. The van der Waals surface area contributed by atoms with E-state index >= 15 is 0 Å². The zero-order valence-electron chi connectivity index (χ0n) is 9.04. The number of hydrogen-bond acceptors (Lipinski definition) is 1. The lowest BCUT2D eigenvalue weighted by Gasteiger charge is -2.12. The zero-order valence-corrected chi connectivity index (χ0v) is 10.6. The molecule has 16 heavy (non-hydrogen) atoms. The van der Waals surface area contributed by atoms with Gasteiger partial charge in [0.15, 0.2) is 0 Å². The summed E-state index contributed by atoms with van der Waals surface area (Å²) in [4.78, 5) is 11.1. The number of hydrogen-bond donors (Lipinski definition) is 1. The summed E-state index contributed by atoms with van der Waals surface area (Å²) in [5.41, 5.74) is 0.718. The topological polar surface area (TPSA) is 37.3 Å². The van der Waals surface area contributed by atoms with Crippen molar-refractivity contribution in [2.75, 3.05) is 0 Å². The second kappa shape index (κ2) is 6.12. The predicted molar refractivity (Wildman–Crippen MR) is 66.4 cm³/mol. The Hall–Kier alpha value is -0.730. The molecule has 0 aliphatic carbocycles. The molecule has 0 saturated heterocycles. The summed E-state index contributed by atoms with van der Waals surface area (Å²) in [6.07, 6.45) is 2.49. The average molecular weight is 261 g/mol. The standard InChI is InChI=1S/C12H14Cl2O2/c1-2-3-4-9(12(15)16)8-5-6-10(13)11(14)7-8/h5-7,9H,2-4H2,1H3,(H,15,16). The van der Waals surface area contributed by atoms with E-state index in [9.17, 15) is 4.79 Å². The minimum atomic E-state index is -0.813. The van der Waals surface area contributed by atoms with Crippen LogP contribution in [0.25, 0.3) is 0 Å². The minimum absolute atomic E-state index is 0.405. The quantitative estimate of drug-likeness (QED) is 0.855. The SMILES string of the molecule is CCCCC(C(=O)O)c1ccc(Cl)c(Cl)c1. The number of rotatable bonds is 5. The Balaban J connectivity index is 2.92. The molecule has 0 bridgehead atoms. The molecule has 0 saturated carbocycles. The van der Waals surface area contributed by atoms with Gasteiger partial charge in [0.05, 0.1) is 16.0 Å². The zero-order chi connectivity index (χ0) is 12.1. The number of unbranched alkanes of at least 4 members (excludes halogenated alkanes) is 1. The molecular weight excluding hydrogens is 247 g/mol. The van der Waals surface area contributed by atoms with Crippen LogP contribution in [0.4, 0.5) is 0 Å². The van der Waals surface area contributed by atoms with Crippen molar-refractivity contribution in [1.29, 1.82) is 0 Å². The van der Waals surface area contributed by atoms with Gasteiger partial charge in [-0.05, 0) is 24.1 Å². The highest BCUT2D eigenvalue weighted by atomic mass is 35.5. The third-order valence-electron chi connectivity index (χ3n) is 2.49. The predicted octanol–water partition coefficient (Wildman–Crippen LogP) is 4.35. The average Bonchev–Trinajstić information content (AvgIpc) is 2.23. The highest BCUT2D eigenvalue weighted by Gasteiger charge is 2.19. The van der Waals surface area contributed by atoms with Crippen LogP contribution in [0.3, 0.4) is 0 Å². The van der Waals surface area contributed by atoms with E-state index in [2.05, 4.69) is 0 Å². The van der Waals surface area contributed by atoms with Gasteiger partial charge in [0.2, 0.25) is 0 Å². The molecule has 0 aliphatic rings. The van der Waals surface area contributed by atoms with Crippen LogP contribution in [0, 0.1) is 0 Å². The Morgan fingerprint density at radius 2 is 2.06 bits per heavy atom. The van der Waals surface area contributed by atoms with Gasteiger partial charge in [-0.3, -0.25) is 4.79 Å². The van der Waals surface area contributed by atoms with E-state index < -0.39 is 11.9 Å². The molecule has 1 aromatic rings. The number of carboxylic acids is 1. The van der Waals surface area contributed by atoms with Crippen LogP contribution < -0.4 is 0 Å². The van der Waals surface area contributed by atoms with E-state index in [1.165, 1.54) is 0 Å². The lowest BCUT2D eigenvalue weighted by Crippen LogP contribution is -2.11. The maximum atomic E-state index is 11.1. The molecule has 1 aromatic carbocycles. The molecule has 0 radical (unpaired) electrons. The van der Waals surface area contributed by atoms with Crippen molar-refractivity contribution >= 4 is 29.2 Å². The minimum Gasteiger partial charge on any atom is -0.481 e. The van der Waals surface area contributed by atoms with Crippen LogP contribution >= 0.6 is 23.2 Å². The van der Waals surface area contributed by atoms with Crippen LogP contribution in [-0.2, 0) is 4.79 Å². The van der Waals surface area contributed by atoms with E-state index in [1.807, 2.05) is 6.92 Å². The summed E-state index contributed by atoms with van der Waals surface area (Å²) < 4.78 is 0. The second-order valence-electron chi connectivity index (χ2n) is 3.71. The van der Waals surface area contributed by atoms with Gasteiger partial charge in [-0.2, -0.15) is 0 Å². The lowest BCUT2D eigenvalue weighted by molar-refractivity contribution is -0.139. The molecule has 0 fully saturated rings. The molecule has 88 valence electrons. The van der Waals surface area contributed by atoms with Crippen molar-refractivity contribution in [3.8, 4) is 0 Å². The first-order chi connectivity index (χ1) is 7.56. The van der Waals surface area contributed by atoms with Crippen LogP contribution in [0.5, 0.6) is 0 Å². The molecule has 1 unspecified atom stereocenters. The smallest absolute Gasteiger partial charge is 0.310 e. The van der Waals surface area contributed by atoms with Gasteiger partial charge in [0.1, 0.15) is 0 Å². The van der Waals surface area contributed by atoms with E-state index in [0.717, 1.165) is 18.4 Å². The normalized spacial score (nSPS) is 12.4. The lowest BCUT2D eigenvalue weighted by atomic mass is 9.94. The van der Waals surface area contributed by atoms with Gasteiger partial charge in [-0.15, -0.1) is 0 Å². The van der Waals surface area contributed by atoms with E-state index in [1.54, 1.807) is 18.2 Å². The Bertz CT molecular complexity index is 377. The molecular formula is C12H14Cl2O2. The van der Waals surface area contributed by atoms with Crippen molar-refractivity contribution in [3.05, 3.63) is 33.8 Å². The third kappa shape index (κ3) is 3.39. The van der Waals surface area contributed by atoms with Gasteiger partial charge in [-0.25, -0.2) is 0 Å². The molecule has 0 aliphatic heterocycles. The molecule has 4 heteroatoms. The van der Waals surface area contributed by atoms with Gasteiger partial charge < -0.3 is 5.11 Å². The van der Waals surface area contributed by atoms with Crippen molar-refractivity contribution < 1.29 is 9.90 Å². The number of carbonyl (C=O) groups is 1.